The number of hydrogen-bond donors (Lipinski definition) is 0. The summed E-state index contributed by atoms with van der Waals surface area (Å²) < 4.78 is 0. The summed E-state index contributed by atoms with van der Waals surface area (Å²) in [4.78, 5) is 33.9. The summed E-state index contributed by atoms with van der Waals surface area (Å²) in [5, 5.41) is 0. The monoisotopic (exact) mass is 343 g/mol. The highest BCUT2D eigenvalue weighted by Crippen LogP contribution is 2.34. The molecule has 1 saturated carbocycles. The highest BCUT2D eigenvalue weighted by Gasteiger charge is 2.39. The van der Waals surface area contributed by atoms with E-state index in [2.05, 4.69) is 4.98 Å². The first-order valence-electron chi connectivity index (χ1n) is 9.51. The third-order valence-electron chi connectivity index (χ3n) is 5.74. The molecule has 0 radical (unpaired) electrons. The van der Waals surface area contributed by atoms with Crippen LogP contribution in [0.1, 0.15) is 49.7 Å². The van der Waals surface area contributed by atoms with Crippen molar-refractivity contribution in [1.82, 2.24) is 14.8 Å². The van der Waals surface area contributed by atoms with Crippen LogP contribution in [0, 0.1) is 18.8 Å². The zero-order valence-electron chi connectivity index (χ0n) is 15.4. The molecule has 2 aliphatic rings. The first-order chi connectivity index (χ1) is 12.1. The van der Waals surface area contributed by atoms with Crippen molar-refractivity contribution in [3.63, 3.8) is 0 Å². The molecular weight excluding hydrogens is 314 g/mol. The Kier molecular flexibility index (Phi) is 5.71. The summed E-state index contributed by atoms with van der Waals surface area (Å²) in [6.45, 7) is 4.32. The number of carbonyl (C=O) groups is 2. The molecule has 2 fully saturated rings. The molecule has 25 heavy (non-hydrogen) atoms. The molecule has 0 N–H and O–H groups in total. The number of rotatable bonds is 4. The first kappa shape index (κ1) is 17.9. The first-order valence-corrected chi connectivity index (χ1v) is 9.51. The van der Waals surface area contributed by atoms with Gasteiger partial charge in [-0.2, -0.15) is 0 Å². The van der Waals surface area contributed by atoms with Gasteiger partial charge in [0.15, 0.2) is 0 Å². The van der Waals surface area contributed by atoms with Crippen molar-refractivity contribution in [3.8, 4) is 0 Å². The van der Waals surface area contributed by atoms with Gasteiger partial charge in [0, 0.05) is 50.9 Å². The third kappa shape index (κ3) is 4.02. The topological polar surface area (TPSA) is 53.5 Å². The van der Waals surface area contributed by atoms with Crippen LogP contribution in [0.5, 0.6) is 0 Å². The lowest BCUT2D eigenvalue weighted by molar-refractivity contribution is -0.147. The Morgan fingerprint density at radius 3 is 2.52 bits per heavy atom. The fourth-order valence-corrected chi connectivity index (χ4v) is 4.19. The summed E-state index contributed by atoms with van der Waals surface area (Å²) in [7, 11) is 1.86. The van der Waals surface area contributed by atoms with E-state index in [-0.39, 0.29) is 23.7 Å². The van der Waals surface area contributed by atoms with Gasteiger partial charge >= 0.3 is 0 Å². The van der Waals surface area contributed by atoms with Gasteiger partial charge in [-0.05, 0) is 49.8 Å². The molecule has 1 aliphatic carbocycles. The Labute approximate surface area is 150 Å². The number of nitrogens with zero attached hydrogens (tertiary/aromatic N) is 3. The molecule has 5 heteroatoms. The average Bonchev–Trinajstić information content (AvgIpc) is 3.17. The summed E-state index contributed by atoms with van der Waals surface area (Å²) in [6.07, 6.45) is 9.58. The zero-order valence-corrected chi connectivity index (χ0v) is 15.4. The maximum atomic E-state index is 13.1. The van der Waals surface area contributed by atoms with Gasteiger partial charge in [-0.15, -0.1) is 0 Å². The van der Waals surface area contributed by atoms with Crippen LogP contribution in [0.15, 0.2) is 18.5 Å². The quantitative estimate of drug-likeness (QED) is 0.845. The van der Waals surface area contributed by atoms with E-state index >= 15 is 0 Å². The standard InChI is InChI=1S/C20H29N3O2/c1-15-13-21-10-9-16(15)14-22(2)19(24)17-7-3-4-8-18(17)20(25)23-11-5-6-12-23/h9-10,13,17-18H,3-8,11-12,14H2,1-2H3. The predicted molar refractivity (Wildman–Crippen MR) is 96.7 cm³/mol. The van der Waals surface area contributed by atoms with Gasteiger partial charge in [0.25, 0.3) is 0 Å². The molecule has 0 bridgehead atoms. The highest BCUT2D eigenvalue weighted by molar-refractivity contribution is 5.88. The summed E-state index contributed by atoms with van der Waals surface area (Å²) in [5.41, 5.74) is 2.21. The summed E-state index contributed by atoms with van der Waals surface area (Å²) >= 11 is 0. The van der Waals surface area contributed by atoms with Crippen molar-refractivity contribution < 1.29 is 9.59 Å². The van der Waals surface area contributed by atoms with Gasteiger partial charge in [-0.3, -0.25) is 14.6 Å². The molecule has 1 aliphatic heterocycles. The molecule has 1 aromatic heterocycles. The minimum atomic E-state index is -0.158. The minimum absolute atomic E-state index is 0.119. The van der Waals surface area contributed by atoms with Gasteiger partial charge in [0.1, 0.15) is 0 Å². The molecule has 2 heterocycles. The lowest BCUT2D eigenvalue weighted by atomic mass is 9.77. The predicted octanol–water partition coefficient (Wildman–Crippen LogP) is 2.78. The van der Waals surface area contributed by atoms with E-state index in [1.54, 1.807) is 11.1 Å². The zero-order chi connectivity index (χ0) is 17.8. The smallest absolute Gasteiger partial charge is 0.226 e. The normalized spacial score (nSPS) is 23.5. The molecule has 1 aromatic rings. The van der Waals surface area contributed by atoms with E-state index in [9.17, 15) is 9.59 Å². The van der Waals surface area contributed by atoms with E-state index < -0.39 is 0 Å². The van der Waals surface area contributed by atoms with Gasteiger partial charge in [-0.25, -0.2) is 0 Å². The largest absolute Gasteiger partial charge is 0.342 e. The Balaban J connectivity index is 1.69. The van der Waals surface area contributed by atoms with Crippen molar-refractivity contribution in [2.75, 3.05) is 20.1 Å². The number of likely N-dealkylation sites (tertiary alicyclic amines) is 1. The molecule has 2 amide bonds. The van der Waals surface area contributed by atoms with Crippen LogP contribution in [0.2, 0.25) is 0 Å². The van der Waals surface area contributed by atoms with E-state index in [1.807, 2.05) is 31.1 Å². The van der Waals surface area contributed by atoms with Crippen molar-refractivity contribution in [2.24, 2.45) is 11.8 Å². The lowest BCUT2D eigenvalue weighted by Gasteiger charge is -2.34. The molecule has 5 nitrogen and oxygen atoms in total. The van der Waals surface area contributed by atoms with E-state index in [1.165, 1.54) is 0 Å². The Hall–Kier alpha value is -1.91. The maximum Gasteiger partial charge on any atom is 0.226 e. The molecule has 136 valence electrons. The minimum Gasteiger partial charge on any atom is -0.342 e. The molecule has 3 rings (SSSR count). The van der Waals surface area contributed by atoms with Crippen LogP contribution >= 0.6 is 0 Å². The summed E-state index contributed by atoms with van der Waals surface area (Å²) in [5.74, 6) is 0.0480. The van der Waals surface area contributed by atoms with E-state index in [4.69, 9.17) is 0 Å². The molecule has 2 unspecified atom stereocenters. The molecule has 1 saturated heterocycles. The van der Waals surface area contributed by atoms with Gasteiger partial charge in [0.2, 0.25) is 11.8 Å². The second-order valence-corrected chi connectivity index (χ2v) is 7.53. The van der Waals surface area contributed by atoms with Gasteiger partial charge in [-0.1, -0.05) is 12.8 Å². The van der Waals surface area contributed by atoms with E-state index in [0.717, 1.165) is 62.7 Å². The fourth-order valence-electron chi connectivity index (χ4n) is 4.19. The Bertz CT molecular complexity index is 625. The van der Waals surface area contributed by atoms with Crippen LogP contribution in [0.4, 0.5) is 0 Å². The average molecular weight is 343 g/mol. The van der Waals surface area contributed by atoms with Crippen LogP contribution in [0.3, 0.4) is 0 Å². The Morgan fingerprint density at radius 1 is 1.16 bits per heavy atom. The second-order valence-electron chi connectivity index (χ2n) is 7.53. The number of pyridine rings is 1. The molecule has 0 aromatic carbocycles. The van der Waals surface area contributed by atoms with E-state index in [0.29, 0.717) is 6.54 Å². The van der Waals surface area contributed by atoms with Crippen molar-refractivity contribution in [1.29, 1.82) is 0 Å². The highest BCUT2D eigenvalue weighted by atomic mass is 16.2. The van der Waals surface area contributed by atoms with Gasteiger partial charge < -0.3 is 9.80 Å². The lowest BCUT2D eigenvalue weighted by Crippen LogP contribution is -2.45. The molecular formula is C20H29N3O2. The number of amides is 2. The van der Waals surface area contributed by atoms with Crippen LogP contribution < -0.4 is 0 Å². The maximum absolute atomic E-state index is 13.1. The van der Waals surface area contributed by atoms with Crippen molar-refractivity contribution in [2.45, 2.75) is 52.0 Å². The second kappa shape index (κ2) is 7.98. The fraction of sp³-hybridized carbons (Fsp3) is 0.650. The number of aryl methyl sites for hydroxylation is 1. The number of hydrogen-bond acceptors (Lipinski definition) is 3. The van der Waals surface area contributed by atoms with Crippen LogP contribution in [0.25, 0.3) is 0 Å². The number of aromatic nitrogens is 1. The van der Waals surface area contributed by atoms with Crippen molar-refractivity contribution >= 4 is 11.8 Å². The van der Waals surface area contributed by atoms with Crippen LogP contribution in [-0.4, -0.2) is 46.7 Å². The molecule has 2 atom stereocenters. The SMILES string of the molecule is Cc1cnccc1CN(C)C(=O)C1CCCCC1C(=O)N1CCCC1. The third-order valence-corrected chi connectivity index (χ3v) is 5.74. The summed E-state index contributed by atoms with van der Waals surface area (Å²) in [6, 6.07) is 1.97. The van der Waals surface area contributed by atoms with Crippen LogP contribution in [-0.2, 0) is 16.1 Å². The molecule has 0 spiro atoms. The number of carbonyl (C=O) groups excluding carboxylic acids is 2. The van der Waals surface area contributed by atoms with Gasteiger partial charge in [0.05, 0.1) is 0 Å². The Morgan fingerprint density at radius 2 is 1.84 bits per heavy atom. The van der Waals surface area contributed by atoms with Crippen molar-refractivity contribution in [3.05, 3.63) is 29.6 Å².